The third kappa shape index (κ3) is 2.52. The van der Waals surface area contributed by atoms with E-state index in [1.165, 1.54) is 24.3 Å². The normalized spacial score (nSPS) is 13.9. The van der Waals surface area contributed by atoms with Crippen molar-refractivity contribution in [3.63, 3.8) is 0 Å². The zero-order valence-corrected chi connectivity index (χ0v) is 8.59. The molecule has 1 rings (SSSR count). The Balaban J connectivity index is 3.01. The van der Waals surface area contributed by atoms with E-state index in [9.17, 15) is 12.8 Å². The molecule has 5 heteroatoms. The Morgan fingerprint density at radius 1 is 1.36 bits per heavy atom. The van der Waals surface area contributed by atoms with Crippen LogP contribution < -0.4 is 5.73 Å². The second-order valence-electron chi connectivity index (χ2n) is 3.10. The Morgan fingerprint density at radius 2 is 1.86 bits per heavy atom. The number of hydrogen-bond acceptors (Lipinski definition) is 3. The highest BCUT2D eigenvalue weighted by Gasteiger charge is 2.09. The molecule has 0 saturated carbocycles. The van der Waals surface area contributed by atoms with Crippen LogP contribution in [0.4, 0.5) is 4.39 Å². The lowest BCUT2D eigenvalue weighted by molar-refractivity contribution is 0.437. The van der Waals surface area contributed by atoms with Crippen LogP contribution in [-0.2, 0) is 9.84 Å². The third-order valence-corrected chi connectivity index (χ3v) is 3.03. The van der Waals surface area contributed by atoms with Crippen molar-refractivity contribution >= 4 is 9.84 Å². The maximum Gasteiger partial charge on any atom is 0.175 e. The van der Waals surface area contributed by atoms with Crippen LogP contribution >= 0.6 is 0 Å². The van der Waals surface area contributed by atoms with E-state index >= 15 is 0 Å². The number of hydrogen-bond donors (Lipinski definition) is 1. The first-order valence-electron chi connectivity index (χ1n) is 4.06. The van der Waals surface area contributed by atoms with Gasteiger partial charge in [-0.05, 0) is 17.7 Å². The van der Waals surface area contributed by atoms with Gasteiger partial charge < -0.3 is 5.73 Å². The third-order valence-electron chi connectivity index (χ3n) is 1.90. The molecule has 2 N–H and O–H groups in total. The van der Waals surface area contributed by atoms with Gasteiger partial charge in [0, 0.05) is 6.26 Å². The number of rotatable bonds is 3. The second kappa shape index (κ2) is 4.06. The van der Waals surface area contributed by atoms with E-state index in [2.05, 4.69) is 0 Å². The number of benzene rings is 1. The molecule has 0 saturated heterocycles. The lowest BCUT2D eigenvalue weighted by Crippen LogP contribution is -2.12. The molecule has 0 heterocycles. The smallest absolute Gasteiger partial charge is 0.175 e. The van der Waals surface area contributed by atoms with Gasteiger partial charge >= 0.3 is 0 Å². The quantitative estimate of drug-likeness (QED) is 0.823. The molecule has 0 spiro atoms. The molecular weight excluding hydrogens is 205 g/mol. The molecule has 0 aromatic heterocycles. The van der Waals surface area contributed by atoms with Crippen molar-refractivity contribution in [2.75, 3.05) is 12.9 Å². The predicted octanol–water partition coefficient (Wildman–Crippen LogP) is 1.06. The molecule has 1 aromatic carbocycles. The Kier molecular flexibility index (Phi) is 3.23. The fourth-order valence-electron chi connectivity index (χ4n) is 1.05. The minimum atomic E-state index is -3.19. The van der Waals surface area contributed by atoms with Gasteiger partial charge in [-0.25, -0.2) is 12.8 Å². The maximum atomic E-state index is 12.2. The molecule has 1 atom stereocenters. The summed E-state index contributed by atoms with van der Waals surface area (Å²) >= 11 is 0. The van der Waals surface area contributed by atoms with Gasteiger partial charge in [0.2, 0.25) is 0 Å². The molecule has 0 aliphatic heterocycles. The fourth-order valence-corrected chi connectivity index (χ4v) is 1.68. The molecule has 1 aromatic rings. The Morgan fingerprint density at radius 3 is 2.21 bits per heavy atom. The first-order valence-corrected chi connectivity index (χ1v) is 5.96. The van der Waals surface area contributed by atoms with Crippen molar-refractivity contribution in [2.24, 2.45) is 5.73 Å². The van der Waals surface area contributed by atoms with Crippen LogP contribution in [0.5, 0.6) is 0 Å². The van der Waals surface area contributed by atoms with Gasteiger partial charge in [-0.2, -0.15) is 0 Å². The topological polar surface area (TPSA) is 60.2 Å². The zero-order valence-electron chi connectivity index (χ0n) is 7.77. The van der Waals surface area contributed by atoms with Gasteiger partial charge in [-0.15, -0.1) is 0 Å². The van der Waals surface area contributed by atoms with E-state index in [1.807, 2.05) is 0 Å². The highest BCUT2D eigenvalue weighted by atomic mass is 32.2. The summed E-state index contributed by atoms with van der Waals surface area (Å²) in [6.07, 6.45) is 1.12. The second-order valence-corrected chi connectivity index (χ2v) is 5.12. The zero-order chi connectivity index (χ0) is 10.8. The molecule has 0 fully saturated rings. The standard InChI is InChI=1S/C9H12FNO2S/c1-14(12,13)8-4-2-7(3-5-8)9(11)6-10/h2-5,9H,6,11H2,1H3/t9-/m0/s1. The summed E-state index contributed by atoms with van der Waals surface area (Å²) in [6, 6.07) is 5.24. The van der Waals surface area contributed by atoms with Crippen molar-refractivity contribution in [2.45, 2.75) is 10.9 Å². The highest BCUT2D eigenvalue weighted by molar-refractivity contribution is 7.90. The Labute approximate surface area is 82.7 Å². The van der Waals surface area contributed by atoms with E-state index < -0.39 is 22.6 Å². The summed E-state index contributed by atoms with van der Waals surface area (Å²) in [7, 11) is -3.19. The predicted molar refractivity (Wildman–Crippen MR) is 52.5 cm³/mol. The van der Waals surface area contributed by atoms with Gasteiger partial charge in [-0.1, -0.05) is 12.1 Å². The molecule has 0 unspecified atom stereocenters. The van der Waals surface area contributed by atoms with E-state index in [0.717, 1.165) is 6.26 Å². The molecule has 14 heavy (non-hydrogen) atoms. The van der Waals surface area contributed by atoms with Crippen molar-refractivity contribution in [3.8, 4) is 0 Å². The van der Waals surface area contributed by atoms with Crippen molar-refractivity contribution in [3.05, 3.63) is 29.8 Å². The molecule has 0 radical (unpaired) electrons. The summed E-state index contributed by atoms with van der Waals surface area (Å²) < 4.78 is 34.3. The molecule has 3 nitrogen and oxygen atoms in total. The summed E-state index contributed by atoms with van der Waals surface area (Å²) in [4.78, 5) is 0.215. The van der Waals surface area contributed by atoms with Crippen LogP contribution in [0.15, 0.2) is 29.2 Å². The Hall–Kier alpha value is -0.940. The first kappa shape index (κ1) is 11.1. The largest absolute Gasteiger partial charge is 0.322 e. The minimum absolute atomic E-state index is 0.215. The van der Waals surface area contributed by atoms with Crippen molar-refractivity contribution in [1.29, 1.82) is 0 Å². The summed E-state index contributed by atoms with van der Waals surface area (Å²) in [5.74, 6) is 0. The number of alkyl halides is 1. The van der Waals surface area contributed by atoms with E-state index in [4.69, 9.17) is 5.73 Å². The van der Waals surface area contributed by atoms with Crippen LogP contribution in [0.3, 0.4) is 0 Å². The molecular formula is C9H12FNO2S. The van der Waals surface area contributed by atoms with Gasteiger partial charge in [0.05, 0.1) is 10.9 Å². The minimum Gasteiger partial charge on any atom is -0.322 e. The van der Waals surface area contributed by atoms with Gasteiger partial charge in [0.15, 0.2) is 9.84 Å². The number of nitrogens with two attached hydrogens (primary N) is 1. The average Bonchev–Trinajstić information content (AvgIpc) is 2.15. The van der Waals surface area contributed by atoms with Gasteiger partial charge in [0.25, 0.3) is 0 Å². The highest BCUT2D eigenvalue weighted by Crippen LogP contribution is 2.14. The molecule has 0 aliphatic rings. The number of sulfone groups is 1. The van der Waals surface area contributed by atoms with E-state index in [1.54, 1.807) is 0 Å². The van der Waals surface area contributed by atoms with Gasteiger partial charge in [-0.3, -0.25) is 0 Å². The lowest BCUT2D eigenvalue weighted by Gasteiger charge is -2.07. The summed E-state index contributed by atoms with van der Waals surface area (Å²) in [5.41, 5.74) is 6.03. The summed E-state index contributed by atoms with van der Waals surface area (Å²) in [6.45, 7) is -0.655. The van der Waals surface area contributed by atoms with Crippen molar-refractivity contribution < 1.29 is 12.8 Å². The molecule has 78 valence electrons. The van der Waals surface area contributed by atoms with E-state index in [0.29, 0.717) is 5.56 Å². The fraction of sp³-hybridized carbons (Fsp3) is 0.333. The molecule has 0 amide bonds. The van der Waals surface area contributed by atoms with Crippen LogP contribution in [0.2, 0.25) is 0 Å². The number of halogens is 1. The van der Waals surface area contributed by atoms with Gasteiger partial charge in [0.1, 0.15) is 6.67 Å². The van der Waals surface area contributed by atoms with Crippen molar-refractivity contribution in [1.82, 2.24) is 0 Å². The molecule has 0 bridgehead atoms. The first-order chi connectivity index (χ1) is 6.45. The average molecular weight is 217 g/mol. The molecule has 0 aliphatic carbocycles. The van der Waals surface area contributed by atoms with Crippen LogP contribution in [0, 0.1) is 0 Å². The Bertz CT molecular complexity index is 399. The van der Waals surface area contributed by atoms with Crippen LogP contribution in [0.1, 0.15) is 11.6 Å². The maximum absolute atomic E-state index is 12.2. The van der Waals surface area contributed by atoms with Crippen LogP contribution in [0.25, 0.3) is 0 Å². The lowest BCUT2D eigenvalue weighted by atomic mass is 10.1. The summed E-state index contributed by atoms with van der Waals surface area (Å²) in [5, 5.41) is 0. The van der Waals surface area contributed by atoms with E-state index in [-0.39, 0.29) is 4.90 Å². The van der Waals surface area contributed by atoms with Crippen LogP contribution in [-0.4, -0.2) is 21.3 Å². The monoisotopic (exact) mass is 217 g/mol. The SMILES string of the molecule is CS(=O)(=O)c1ccc([C@@H](N)CF)cc1.